The molecule has 0 bridgehead atoms. The van der Waals surface area contributed by atoms with Crippen LogP contribution in [0.4, 0.5) is 5.69 Å². The second-order valence-electron chi connectivity index (χ2n) is 15.7. The number of nitrogens with zero attached hydrogens (tertiary/aromatic N) is 6. The van der Waals surface area contributed by atoms with Gasteiger partial charge in [-0.15, -0.1) is 0 Å². The molecule has 2 N–H and O–H groups in total. The molecule has 0 saturated carbocycles. The van der Waals surface area contributed by atoms with E-state index in [0.717, 1.165) is 85.5 Å². The van der Waals surface area contributed by atoms with Crippen LogP contribution in [0.2, 0.25) is 5.02 Å². The average Bonchev–Trinajstić information content (AvgIpc) is 3.18. The fraction of sp³-hybridized carbons (Fsp3) is 0.524. The SMILES string of the molecule is CN1CCN(CCC(=O)Nc2ccc3c(=O)n(CC4(O)CCN(C(=O)CCCCCC(=O)c5ccc6c(Cl)c7c(nc6c5)CCCC7)CC4)cnc3c2)CC1. The summed E-state index contributed by atoms with van der Waals surface area (Å²) >= 11 is 6.71. The van der Waals surface area contributed by atoms with E-state index in [9.17, 15) is 24.3 Å². The number of hydrogen-bond acceptors (Lipinski definition) is 9. The minimum Gasteiger partial charge on any atom is -0.388 e. The van der Waals surface area contributed by atoms with E-state index in [1.807, 2.05) is 18.2 Å². The van der Waals surface area contributed by atoms with Crippen LogP contribution < -0.4 is 10.9 Å². The molecular weight excluding hydrogens is 718 g/mol. The van der Waals surface area contributed by atoms with Gasteiger partial charge in [0.25, 0.3) is 5.56 Å². The van der Waals surface area contributed by atoms with Gasteiger partial charge >= 0.3 is 0 Å². The van der Waals surface area contributed by atoms with Crippen LogP contribution in [0.1, 0.15) is 85.8 Å². The highest BCUT2D eigenvalue weighted by atomic mass is 35.5. The zero-order valence-corrected chi connectivity index (χ0v) is 32.6. The monoisotopic (exact) mass is 769 g/mol. The van der Waals surface area contributed by atoms with Crippen LogP contribution in [0.25, 0.3) is 21.8 Å². The fourth-order valence-electron chi connectivity index (χ4n) is 8.13. The number of amides is 2. The molecule has 2 saturated heterocycles. The van der Waals surface area contributed by atoms with Gasteiger partial charge in [0.2, 0.25) is 11.8 Å². The summed E-state index contributed by atoms with van der Waals surface area (Å²) in [6.07, 6.45) is 9.62. The van der Waals surface area contributed by atoms with Crippen LogP contribution in [0.15, 0.2) is 47.5 Å². The molecule has 2 amide bonds. The van der Waals surface area contributed by atoms with E-state index in [4.69, 9.17) is 16.6 Å². The first-order valence-corrected chi connectivity index (χ1v) is 20.3. The van der Waals surface area contributed by atoms with E-state index in [-0.39, 0.29) is 29.7 Å². The quantitative estimate of drug-likeness (QED) is 0.138. The number of piperidine rings is 1. The van der Waals surface area contributed by atoms with Crippen molar-refractivity contribution in [2.45, 2.75) is 89.2 Å². The average molecular weight is 770 g/mol. The first-order chi connectivity index (χ1) is 26.5. The van der Waals surface area contributed by atoms with Gasteiger partial charge < -0.3 is 25.1 Å². The lowest BCUT2D eigenvalue weighted by Crippen LogP contribution is -2.49. The zero-order chi connectivity index (χ0) is 38.5. The molecule has 292 valence electrons. The molecule has 12 nitrogen and oxygen atoms in total. The van der Waals surface area contributed by atoms with Gasteiger partial charge in [0, 0.05) is 87.4 Å². The summed E-state index contributed by atoms with van der Waals surface area (Å²) in [7, 11) is 2.10. The number of pyridine rings is 1. The Morgan fingerprint density at radius 3 is 2.42 bits per heavy atom. The number of Topliss-reactive ketones (excluding diaryl/α,β-unsaturated/α-hetero) is 1. The molecular formula is C42H52ClN7O5. The molecule has 2 aliphatic heterocycles. The highest BCUT2D eigenvalue weighted by molar-refractivity contribution is 6.36. The molecule has 0 unspecified atom stereocenters. The number of nitrogens with one attached hydrogen (secondary N) is 1. The van der Waals surface area contributed by atoms with Crippen LogP contribution in [-0.4, -0.2) is 110 Å². The van der Waals surface area contributed by atoms with Crippen molar-refractivity contribution < 1.29 is 19.5 Å². The van der Waals surface area contributed by atoms with E-state index in [1.165, 1.54) is 10.9 Å². The molecule has 0 atom stereocenters. The Balaban J connectivity index is 0.832. The molecule has 4 aromatic rings. The Morgan fingerprint density at radius 1 is 0.873 bits per heavy atom. The predicted molar refractivity (Wildman–Crippen MR) is 215 cm³/mol. The lowest BCUT2D eigenvalue weighted by Gasteiger charge is -2.38. The topological polar surface area (TPSA) is 141 Å². The number of halogens is 1. The van der Waals surface area contributed by atoms with Gasteiger partial charge in [0.05, 0.1) is 39.9 Å². The lowest BCUT2D eigenvalue weighted by molar-refractivity contribution is -0.136. The maximum absolute atomic E-state index is 13.4. The van der Waals surface area contributed by atoms with E-state index < -0.39 is 5.60 Å². The summed E-state index contributed by atoms with van der Waals surface area (Å²) in [5.74, 6) is 0.0339. The number of aliphatic hydroxyl groups is 1. The highest BCUT2D eigenvalue weighted by Crippen LogP contribution is 2.33. The molecule has 55 heavy (non-hydrogen) atoms. The summed E-state index contributed by atoms with van der Waals surface area (Å²) < 4.78 is 1.44. The maximum Gasteiger partial charge on any atom is 0.261 e. The normalized spacial score (nSPS) is 17.7. The Kier molecular flexibility index (Phi) is 12.3. The Labute approximate surface area is 326 Å². The van der Waals surface area contributed by atoms with Crippen LogP contribution >= 0.6 is 11.6 Å². The van der Waals surface area contributed by atoms with Gasteiger partial charge in [0.1, 0.15) is 0 Å². The molecule has 2 aromatic heterocycles. The molecule has 1 aliphatic carbocycles. The summed E-state index contributed by atoms with van der Waals surface area (Å²) in [4.78, 5) is 67.7. The molecule has 3 aliphatic rings. The third-order valence-electron chi connectivity index (χ3n) is 11.7. The molecule has 7 rings (SSSR count). The zero-order valence-electron chi connectivity index (χ0n) is 31.8. The fourth-order valence-corrected chi connectivity index (χ4v) is 8.50. The standard InChI is InChI=1S/C42H52ClN7O5/c1-47-21-23-48(24-22-47)18-15-38(52)45-30-12-14-33-35(26-30)44-28-50(41(33)54)27-42(55)16-19-49(20-17-42)39(53)10-4-2-3-9-37(51)29-11-13-32-36(25-29)46-34-8-6-5-7-31(34)40(32)43/h11-14,25-26,28,55H,2-10,15-24,27H2,1H3,(H,45,52). The number of aryl methyl sites for hydroxylation is 1. The Hall–Kier alpha value is -4.23. The Bertz CT molecular complexity index is 2120. The van der Waals surface area contributed by atoms with Crippen molar-refractivity contribution in [3.8, 4) is 0 Å². The van der Waals surface area contributed by atoms with Crippen molar-refractivity contribution >= 4 is 56.7 Å². The number of likely N-dealkylation sites (tertiary alicyclic amines) is 1. The van der Waals surface area contributed by atoms with E-state index in [1.54, 1.807) is 23.1 Å². The molecule has 2 fully saturated rings. The van der Waals surface area contributed by atoms with Crippen LogP contribution in [0.3, 0.4) is 0 Å². The highest BCUT2D eigenvalue weighted by Gasteiger charge is 2.34. The predicted octanol–water partition coefficient (Wildman–Crippen LogP) is 5.24. The maximum atomic E-state index is 13.4. The van der Waals surface area contributed by atoms with Crippen molar-refractivity contribution in [2.24, 2.45) is 0 Å². The summed E-state index contributed by atoms with van der Waals surface area (Å²) in [5.41, 5.74) is 3.29. The lowest BCUT2D eigenvalue weighted by atomic mass is 9.91. The first-order valence-electron chi connectivity index (χ1n) is 19.9. The second-order valence-corrected chi connectivity index (χ2v) is 16.1. The largest absolute Gasteiger partial charge is 0.388 e. The molecule has 4 heterocycles. The molecule has 0 radical (unpaired) electrons. The summed E-state index contributed by atoms with van der Waals surface area (Å²) in [6, 6.07) is 10.7. The van der Waals surface area contributed by atoms with Gasteiger partial charge in [-0.25, -0.2) is 4.98 Å². The molecule has 0 spiro atoms. The number of ketones is 1. The number of benzene rings is 2. The second kappa shape index (κ2) is 17.3. The number of unbranched alkanes of at least 4 members (excludes halogenated alkanes) is 2. The van der Waals surface area contributed by atoms with Gasteiger partial charge in [-0.1, -0.05) is 30.2 Å². The number of carbonyl (C=O) groups is 3. The van der Waals surface area contributed by atoms with E-state index in [0.29, 0.717) is 86.7 Å². The van der Waals surface area contributed by atoms with Gasteiger partial charge in [0.15, 0.2) is 5.78 Å². The van der Waals surface area contributed by atoms with Crippen molar-refractivity contribution in [3.05, 3.63) is 74.9 Å². The number of hydrogen-bond donors (Lipinski definition) is 2. The van der Waals surface area contributed by atoms with Gasteiger partial charge in [-0.05, 0) is 88.2 Å². The summed E-state index contributed by atoms with van der Waals surface area (Å²) in [6.45, 7) is 5.52. The number of piperazine rings is 1. The van der Waals surface area contributed by atoms with Crippen LogP contribution in [-0.2, 0) is 29.0 Å². The number of carbonyl (C=O) groups excluding carboxylic acids is 3. The van der Waals surface area contributed by atoms with Gasteiger partial charge in [-0.3, -0.25) is 28.7 Å². The van der Waals surface area contributed by atoms with Crippen molar-refractivity contribution in [1.29, 1.82) is 0 Å². The number of rotatable bonds is 13. The number of fused-ring (bicyclic) bond motifs is 3. The van der Waals surface area contributed by atoms with Gasteiger partial charge in [-0.2, -0.15) is 0 Å². The number of aromatic nitrogens is 3. The van der Waals surface area contributed by atoms with Crippen molar-refractivity contribution in [2.75, 3.05) is 58.2 Å². The minimum atomic E-state index is -1.14. The summed E-state index contributed by atoms with van der Waals surface area (Å²) in [5, 5.41) is 16.4. The van der Waals surface area contributed by atoms with Crippen LogP contribution in [0, 0.1) is 0 Å². The first kappa shape index (κ1) is 39.0. The van der Waals surface area contributed by atoms with E-state index >= 15 is 0 Å². The third-order valence-corrected chi connectivity index (χ3v) is 12.1. The third kappa shape index (κ3) is 9.43. The minimum absolute atomic E-state index is 0.0425. The van der Waals surface area contributed by atoms with Crippen molar-refractivity contribution in [3.63, 3.8) is 0 Å². The number of likely N-dealkylation sites (N-methyl/N-ethyl adjacent to an activating group) is 1. The molecule has 13 heteroatoms. The van der Waals surface area contributed by atoms with E-state index in [2.05, 4.69) is 27.1 Å². The number of anilines is 1. The Morgan fingerprint density at radius 2 is 1.62 bits per heavy atom. The van der Waals surface area contributed by atoms with Crippen LogP contribution in [0.5, 0.6) is 0 Å². The van der Waals surface area contributed by atoms with Crippen molar-refractivity contribution in [1.82, 2.24) is 29.2 Å². The molecule has 2 aromatic carbocycles. The smallest absolute Gasteiger partial charge is 0.261 e.